The van der Waals surface area contributed by atoms with E-state index in [1.807, 2.05) is 28.7 Å². The molecule has 0 aliphatic heterocycles. The van der Waals surface area contributed by atoms with Crippen molar-refractivity contribution in [3.8, 4) is 10.4 Å². The Morgan fingerprint density at radius 1 is 0.636 bits per heavy atom. The number of hydrogen-bond donors (Lipinski definition) is 0. The summed E-state index contributed by atoms with van der Waals surface area (Å²) in [6.07, 6.45) is 6.43. The molecule has 0 aliphatic carbocycles. The Hall–Kier alpha value is -2.75. The van der Waals surface area contributed by atoms with Gasteiger partial charge in [-0.15, -0.1) is 22.7 Å². The molecule has 3 heteroatoms. The number of aryl methyl sites for hydroxylation is 1. The maximum absolute atomic E-state index is 13.8. The van der Waals surface area contributed by atoms with Crippen LogP contribution in [-0.4, -0.2) is 0 Å². The Kier molecular flexibility index (Phi) is 5.40. The van der Waals surface area contributed by atoms with E-state index in [9.17, 15) is 4.39 Å². The lowest BCUT2D eigenvalue weighted by Gasteiger charge is -2.03. The Balaban J connectivity index is 1.38. The Labute approximate surface area is 201 Å². The second kappa shape index (κ2) is 8.55. The summed E-state index contributed by atoms with van der Waals surface area (Å²) in [5.74, 6) is -0.183. The fraction of sp³-hybridized carbons (Fsp3) is 0.200. The number of rotatable bonds is 6. The molecule has 6 rings (SSSR count). The first-order valence-electron chi connectivity index (χ1n) is 11.8. The molecule has 0 amide bonds. The second-order valence-electron chi connectivity index (χ2n) is 8.93. The fourth-order valence-corrected chi connectivity index (χ4v) is 6.99. The van der Waals surface area contributed by atoms with Gasteiger partial charge in [0.25, 0.3) is 0 Å². The summed E-state index contributed by atoms with van der Waals surface area (Å²) in [4.78, 5) is 2.84. The molecule has 0 saturated heterocycles. The minimum Gasteiger partial charge on any atom is -0.207 e. The Bertz CT molecular complexity index is 1620. The van der Waals surface area contributed by atoms with Crippen molar-refractivity contribution in [1.29, 1.82) is 0 Å². The number of halogens is 1. The van der Waals surface area contributed by atoms with Crippen molar-refractivity contribution in [2.75, 3.05) is 0 Å². The average molecular weight is 469 g/mol. The molecule has 0 nitrogen and oxygen atoms in total. The number of thiophene rings is 2. The molecule has 0 spiro atoms. The molecule has 0 aliphatic rings. The topological polar surface area (TPSA) is 0 Å². The van der Waals surface area contributed by atoms with E-state index < -0.39 is 0 Å². The van der Waals surface area contributed by atoms with Gasteiger partial charge in [0.1, 0.15) is 5.82 Å². The van der Waals surface area contributed by atoms with Gasteiger partial charge >= 0.3 is 0 Å². The number of benzene rings is 4. The van der Waals surface area contributed by atoms with Gasteiger partial charge in [0.05, 0.1) is 0 Å². The summed E-state index contributed by atoms with van der Waals surface area (Å²) in [5.41, 5.74) is 1.30. The van der Waals surface area contributed by atoms with Crippen LogP contribution in [0.2, 0.25) is 0 Å². The van der Waals surface area contributed by atoms with E-state index in [0.29, 0.717) is 0 Å². The molecule has 0 atom stereocenters. The highest BCUT2D eigenvalue weighted by molar-refractivity contribution is 7.26. The highest BCUT2D eigenvalue weighted by Gasteiger charge is 2.10. The maximum atomic E-state index is 13.8. The largest absolute Gasteiger partial charge is 0.207 e. The van der Waals surface area contributed by atoms with Gasteiger partial charge in [-0.25, -0.2) is 4.39 Å². The summed E-state index contributed by atoms with van der Waals surface area (Å²) in [6.45, 7) is 2.26. The predicted molar refractivity (Wildman–Crippen MR) is 145 cm³/mol. The van der Waals surface area contributed by atoms with E-state index in [4.69, 9.17) is 0 Å². The first kappa shape index (κ1) is 20.8. The molecular formula is C30H25FS2. The molecule has 0 fully saturated rings. The lowest BCUT2D eigenvalue weighted by atomic mass is 10.0. The number of hydrogen-bond acceptors (Lipinski definition) is 2. The predicted octanol–water partition coefficient (Wildman–Crippen LogP) is 10.4. The Morgan fingerprint density at radius 3 is 2.21 bits per heavy atom. The third-order valence-corrected chi connectivity index (χ3v) is 8.88. The van der Waals surface area contributed by atoms with Crippen molar-refractivity contribution in [3.63, 3.8) is 0 Å². The minimum absolute atomic E-state index is 0.183. The second-order valence-corrected chi connectivity index (χ2v) is 11.2. The van der Waals surface area contributed by atoms with Crippen LogP contribution in [0.1, 0.15) is 37.5 Å². The summed E-state index contributed by atoms with van der Waals surface area (Å²) < 4.78 is 16.3. The molecule has 4 aromatic carbocycles. The third kappa shape index (κ3) is 3.94. The van der Waals surface area contributed by atoms with Crippen molar-refractivity contribution >= 4 is 64.4 Å². The maximum Gasteiger partial charge on any atom is 0.123 e. The van der Waals surface area contributed by atoms with E-state index in [-0.39, 0.29) is 5.82 Å². The molecule has 0 unspecified atom stereocenters. The highest BCUT2D eigenvalue weighted by Crippen LogP contribution is 2.40. The van der Waals surface area contributed by atoms with Crippen LogP contribution in [-0.2, 0) is 6.42 Å². The van der Waals surface area contributed by atoms with Gasteiger partial charge in [-0.05, 0) is 94.5 Å². The van der Waals surface area contributed by atoms with Gasteiger partial charge < -0.3 is 0 Å². The van der Waals surface area contributed by atoms with E-state index in [1.54, 1.807) is 12.1 Å². The zero-order valence-corrected chi connectivity index (χ0v) is 20.3. The average Bonchev–Trinajstić information content (AvgIpc) is 3.43. The van der Waals surface area contributed by atoms with Crippen molar-refractivity contribution in [3.05, 3.63) is 83.5 Å². The third-order valence-electron chi connectivity index (χ3n) is 6.57. The molecule has 0 radical (unpaired) electrons. The van der Waals surface area contributed by atoms with Crippen molar-refractivity contribution in [2.45, 2.75) is 39.0 Å². The van der Waals surface area contributed by atoms with Gasteiger partial charge in [0.15, 0.2) is 0 Å². The van der Waals surface area contributed by atoms with Gasteiger partial charge in [-0.1, -0.05) is 44.4 Å². The van der Waals surface area contributed by atoms with E-state index in [0.717, 1.165) is 10.8 Å². The van der Waals surface area contributed by atoms with Crippen LogP contribution in [0.5, 0.6) is 0 Å². The standard InChI is InChI=1S/C30H25FS2/c1-2-3-4-5-6-25-11-12-28(32-25)21-8-7-19-15-26-27-16-23-14-24(31)10-9-20(23)17-29(27)33-30(26)18-22(19)13-21/h7-18H,2-6H2,1H3. The first-order valence-corrected chi connectivity index (χ1v) is 13.4. The molecule has 0 saturated carbocycles. The van der Waals surface area contributed by atoms with Gasteiger partial charge in [-0.2, -0.15) is 0 Å². The number of unbranched alkanes of at least 4 members (excludes halogenated alkanes) is 3. The van der Waals surface area contributed by atoms with Crippen molar-refractivity contribution in [1.82, 2.24) is 0 Å². The molecule has 2 aromatic heterocycles. The molecular weight excluding hydrogens is 443 g/mol. The summed E-state index contributed by atoms with van der Waals surface area (Å²) in [7, 11) is 0. The highest BCUT2D eigenvalue weighted by atomic mass is 32.1. The van der Waals surface area contributed by atoms with Crippen LogP contribution >= 0.6 is 22.7 Å². The summed E-state index contributed by atoms with van der Waals surface area (Å²) in [6, 6.07) is 25.4. The zero-order chi connectivity index (χ0) is 22.4. The van der Waals surface area contributed by atoms with Crippen LogP contribution in [0.15, 0.2) is 72.8 Å². The Morgan fingerprint density at radius 2 is 1.36 bits per heavy atom. The smallest absolute Gasteiger partial charge is 0.123 e. The minimum atomic E-state index is -0.183. The van der Waals surface area contributed by atoms with Crippen LogP contribution < -0.4 is 0 Å². The molecule has 33 heavy (non-hydrogen) atoms. The van der Waals surface area contributed by atoms with E-state index in [1.165, 1.54) is 78.4 Å². The normalized spacial score (nSPS) is 11.9. The summed E-state index contributed by atoms with van der Waals surface area (Å²) >= 11 is 3.76. The van der Waals surface area contributed by atoms with Gasteiger partial charge in [-0.3, -0.25) is 0 Å². The molecule has 0 bridgehead atoms. The monoisotopic (exact) mass is 468 g/mol. The van der Waals surface area contributed by atoms with Crippen LogP contribution in [0, 0.1) is 5.82 Å². The SMILES string of the molecule is CCCCCCc1ccc(-c2ccc3cc4c(cc3c2)sc2cc3ccc(F)cc3cc24)s1. The van der Waals surface area contributed by atoms with E-state index >= 15 is 0 Å². The lowest BCUT2D eigenvalue weighted by Crippen LogP contribution is -1.80. The van der Waals surface area contributed by atoms with Crippen molar-refractivity contribution < 1.29 is 4.39 Å². The first-order chi connectivity index (χ1) is 16.2. The molecule has 6 aromatic rings. The van der Waals surface area contributed by atoms with E-state index in [2.05, 4.69) is 61.5 Å². The van der Waals surface area contributed by atoms with Gasteiger partial charge in [0, 0.05) is 29.9 Å². The summed E-state index contributed by atoms with van der Waals surface area (Å²) in [5, 5.41) is 7.05. The zero-order valence-electron chi connectivity index (χ0n) is 18.7. The lowest BCUT2D eigenvalue weighted by molar-refractivity contribution is 0.630. The van der Waals surface area contributed by atoms with Crippen LogP contribution in [0.25, 0.3) is 52.2 Å². The molecule has 2 heterocycles. The molecule has 164 valence electrons. The van der Waals surface area contributed by atoms with Gasteiger partial charge in [0.2, 0.25) is 0 Å². The fourth-order valence-electron chi connectivity index (χ4n) is 4.78. The number of fused-ring (bicyclic) bond motifs is 5. The quantitative estimate of drug-likeness (QED) is 0.213. The van der Waals surface area contributed by atoms with Crippen molar-refractivity contribution in [2.24, 2.45) is 0 Å². The molecule has 0 N–H and O–H groups in total. The van der Waals surface area contributed by atoms with Crippen LogP contribution in [0.3, 0.4) is 0 Å². The van der Waals surface area contributed by atoms with Crippen LogP contribution in [0.4, 0.5) is 4.39 Å².